The Morgan fingerprint density at radius 2 is 1.68 bits per heavy atom. The lowest BCUT2D eigenvalue weighted by atomic mass is 9.79. The number of alkyl halides is 3. The largest absolute Gasteiger partial charge is 0.593 e. The van der Waals surface area contributed by atoms with E-state index < -0.39 is 28.7 Å². The number of halogens is 3. The van der Waals surface area contributed by atoms with Gasteiger partial charge in [0, 0.05) is 23.5 Å². The number of aromatic amines is 1. The van der Waals surface area contributed by atoms with Gasteiger partial charge in [0.05, 0.1) is 23.0 Å². The molecule has 2 heterocycles. The molecule has 1 N–H and O–H groups in total. The number of H-pyrrole nitrogens is 1. The molecule has 1 saturated heterocycles. The molecule has 34 heavy (non-hydrogen) atoms. The van der Waals surface area contributed by atoms with E-state index >= 15 is 0 Å². The Bertz CT molecular complexity index is 1220. The van der Waals surface area contributed by atoms with Crippen LogP contribution in [0.3, 0.4) is 0 Å². The van der Waals surface area contributed by atoms with Gasteiger partial charge >= 0.3 is 6.18 Å². The fourth-order valence-electron chi connectivity index (χ4n) is 5.53. The van der Waals surface area contributed by atoms with Gasteiger partial charge in [0.1, 0.15) is 0 Å². The SMILES string of the molecule is O=c1cc(C(F)(F)F)c2cc(Cc3ccc([S+]([O-])N4CCCC5CCCCC54)cc3)ccc2[nH]1. The molecule has 3 atom stereocenters. The Balaban J connectivity index is 1.35. The lowest BCUT2D eigenvalue weighted by Crippen LogP contribution is -2.49. The van der Waals surface area contributed by atoms with E-state index in [1.165, 1.54) is 37.8 Å². The number of hydrogen-bond acceptors (Lipinski definition) is 3. The van der Waals surface area contributed by atoms with Crippen molar-refractivity contribution in [3.05, 3.63) is 75.6 Å². The Hall–Kier alpha value is -2.29. The molecule has 2 fully saturated rings. The number of rotatable bonds is 4. The van der Waals surface area contributed by atoms with Crippen LogP contribution < -0.4 is 5.56 Å². The summed E-state index contributed by atoms with van der Waals surface area (Å²) < 4.78 is 55.8. The molecule has 3 unspecified atom stereocenters. The second kappa shape index (κ2) is 9.40. The third-order valence-corrected chi connectivity index (χ3v) is 8.71. The second-order valence-corrected chi connectivity index (χ2v) is 10.8. The van der Waals surface area contributed by atoms with Crippen molar-refractivity contribution in [3.8, 4) is 0 Å². The van der Waals surface area contributed by atoms with Gasteiger partial charge in [0.2, 0.25) is 5.56 Å². The second-order valence-electron chi connectivity index (χ2n) is 9.39. The molecule has 1 saturated carbocycles. The monoisotopic (exact) mass is 488 g/mol. The van der Waals surface area contributed by atoms with Gasteiger partial charge in [-0.15, -0.1) is 4.31 Å². The van der Waals surface area contributed by atoms with Gasteiger partial charge in [0.15, 0.2) is 4.90 Å². The van der Waals surface area contributed by atoms with Crippen LogP contribution in [0.2, 0.25) is 0 Å². The Kier molecular flexibility index (Phi) is 6.48. The highest BCUT2D eigenvalue weighted by molar-refractivity contribution is 7.89. The maximum absolute atomic E-state index is 13.4. The van der Waals surface area contributed by atoms with Gasteiger partial charge in [-0.1, -0.05) is 31.0 Å². The van der Waals surface area contributed by atoms with E-state index in [0.29, 0.717) is 30.0 Å². The topological polar surface area (TPSA) is 59.2 Å². The van der Waals surface area contributed by atoms with Crippen molar-refractivity contribution < 1.29 is 17.7 Å². The summed E-state index contributed by atoms with van der Waals surface area (Å²) in [6.07, 6.45) is 2.95. The lowest BCUT2D eigenvalue weighted by Gasteiger charge is -2.42. The molecular weight excluding hydrogens is 461 g/mol. The van der Waals surface area contributed by atoms with Gasteiger partial charge in [-0.05, 0) is 73.4 Å². The predicted molar refractivity (Wildman–Crippen MR) is 127 cm³/mol. The predicted octanol–water partition coefficient (Wildman–Crippen LogP) is 5.81. The summed E-state index contributed by atoms with van der Waals surface area (Å²) in [5, 5.41) is -0.0190. The lowest BCUT2D eigenvalue weighted by molar-refractivity contribution is -0.136. The average Bonchev–Trinajstić information content (AvgIpc) is 2.83. The molecule has 0 amide bonds. The van der Waals surface area contributed by atoms with E-state index in [1.807, 2.05) is 24.3 Å². The molecule has 5 rings (SSSR count). The average molecular weight is 489 g/mol. The van der Waals surface area contributed by atoms with Gasteiger partial charge < -0.3 is 9.54 Å². The molecule has 0 spiro atoms. The Morgan fingerprint density at radius 1 is 0.971 bits per heavy atom. The molecule has 0 radical (unpaired) electrons. The van der Waals surface area contributed by atoms with Crippen LogP contribution in [0.15, 0.2) is 58.2 Å². The van der Waals surface area contributed by atoms with E-state index in [2.05, 4.69) is 9.29 Å². The van der Waals surface area contributed by atoms with Crippen LogP contribution in [0.5, 0.6) is 0 Å². The number of hydrogen-bond donors (Lipinski definition) is 1. The molecule has 2 aliphatic rings. The van der Waals surface area contributed by atoms with Crippen LogP contribution in [-0.2, 0) is 24.0 Å². The highest BCUT2D eigenvalue weighted by Crippen LogP contribution is 2.38. The first-order valence-corrected chi connectivity index (χ1v) is 12.9. The Morgan fingerprint density at radius 3 is 2.44 bits per heavy atom. The number of benzene rings is 2. The molecule has 1 aromatic heterocycles. The zero-order valence-corrected chi connectivity index (χ0v) is 19.6. The van der Waals surface area contributed by atoms with Gasteiger partial charge in [-0.3, -0.25) is 4.79 Å². The minimum Gasteiger partial charge on any atom is -0.593 e. The summed E-state index contributed by atoms with van der Waals surface area (Å²) in [6, 6.07) is 13.3. The van der Waals surface area contributed by atoms with Crippen molar-refractivity contribution in [3.63, 3.8) is 0 Å². The summed E-state index contributed by atoms with van der Waals surface area (Å²) >= 11 is -1.20. The number of piperidine rings is 1. The maximum Gasteiger partial charge on any atom is 0.417 e. The van der Waals surface area contributed by atoms with Crippen LogP contribution in [0.1, 0.15) is 55.2 Å². The first-order chi connectivity index (χ1) is 16.3. The van der Waals surface area contributed by atoms with Crippen molar-refractivity contribution in [2.24, 2.45) is 5.92 Å². The van der Waals surface area contributed by atoms with Crippen LogP contribution in [-0.4, -0.2) is 26.4 Å². The number of nitrogens with one attached hydrogen (secondary N) is 1. The minimum atomic E-state index is -4.61. The smallest absolute Gasteiger partial charge is 0.417 e. The normalized spacial score (nSPS) is 22.5. The van der Waals surface area contributed by atoms with E-state index in [-0.39, 0.29) is 10.9 Å². The number of aromatic nitrogens is 1. The van der Waals surface area contributed by atoms with Gasteiger partial charge in [-0.2, -0.15) is 13.2 Å². The summed E-state index contributed by atoms with van der Waals surface area (Å²) in [5.41, 5.74) is 0.0925. The summed E-state index contributed by atoms with van der Waals surface area (Å²) in [5.74, 6) is 0.648. The van der Waals surface area contributed by atoms with Gasteiger partial charge in [-0.25, -0.2) is 0 Å². The zero-order chi connectivity index (χ0) is 23.9. The molecule has 3 aromatic rings. The molecule has 4 nitrogen and oxygen atoms in total. The van der Waals surface area contributed by atoms with Crippen LogP contribution >= 0.6 is 0 Å². The molecule has 180 valence electrons. The maximum atomic E-state index is 13.4. The van der Waals surface area contributed by atoms with E-state index in [0.717, 1.165) is 29.8 Å². The first kappa shape index (κ1) is 23.5. The van der Waals surface area contributed by atoms with Gasteiger partial charge in [0.25, 0.3) is 0 Å². The van der Waals surface area contributed by atoms with Crippen molar-refractivity contribution in [1.29, 1.82) is 0 Å². The van der Waals surface area contributed by atoms with Crippen LogP contribution in [0, 0.1) is 5.92 Å². The van der Waals surface area contributed by atoms with Crippen LogP contribution in [0.25, 0.3) is 10.9 Å². The molecular formula is C26H27F3N2O2S. The highest BCUT2D eigenvalue weighted by Gasteiger charge is 2.40. The molecule has 8 heteroatoms. The number of pyridine rings is 1. The van der Waals surface area contributed by atoms with Crippen LogP contribution in [0.4, 0.5) is 13.2 Å². The van der Waals surface area contributed by atoms with Crippen molar-refractivity contribution in [1.82, 2.24) is 9.29 Å². The van der Waals surface area contributed by atoms with Crippen molar-refractivity contribution in [2.45, 2.75) is 62.1 Å². The van der Waals surface area contributed by atoms with E-state index in [9.17, 15) is 22.5 Å². The third kappa shape index (κ3) is 4.76. The fourth-order valence-corrected chi connectivity index (χ4v) is 6.98. The van der Waals surface area contributed by atoms with Crippen molar-refractivity contribution in [2.75, 3.05) is 6.54 Å². The summed E-state index contributed by atoms with van der Waals surface area (Å²) in [4.78, 5) is 14.9. The third-order valence-electron chi connectivity index (χ3n) is 7.15. The summed E-state index contributed by atoms with van der Waals surface area (Å²) in [6.45, 7) is 0.857. The van der Waals surface area contributed by atoms with Crippen molar-refractivity contribution >= 4 is 22.3 Å². The zero-order valence-electron chi connectivity index (χ0n) is 18.7. The standard InChI is InChI=1S/C26H27F3N2O2S/c27-26(28,29)22-16-25(32)30-23-12-9-18(15-21(22)23)14-17-7-10-20(11-8-17)34(33)31-13-3-5-19-4-1-2-6-24(19)31/h7-12,15-16,19,24H,1-6,13-14H2,(H,30,32). The number of nitrogens with zero attached hydrogens (tertiary/aromatic N) is 1. The molecule has 1 aliphatic heterocycles. The van der Waals surface area contributed by atoms with E-state index in [1.54, 1.807) is 6.07 Å². The quantitative estimate of drug-likeness (QED) is 0.471. The molecule has 1 aliphatic carbocycles. The fraction of sp³-hybridized carbons (Fsp3) is 0.423. The first-order valence-electron chi connectivity index (χ1n) is 11.8. The molecule has 2 aromatic carbocycles. The van der Waals surface area contributed by atoms with E-state index in [4.69, 9.17) is 0 Å². The minimum absolute atomic E-state index is 0.0190. The summed E-state index contributed by atoms with van der Waals surface area (Å²) in [7, 11) is 0. The Labute approximate surface area is 199 Å². The number of fused-ring (bicyclic) bond motifs is 2. The molecule has 0 bridgehead atoms. The highest BCUT2D eigenvalue weighted by atomic mass is 32.2.